The normalized spacial score (nSPS) is 16.9. The summed E-state index contributed by atoms with van der Waals surface area (Å²) in [6.45, 7) is 16.9. The smallest absolute Gasteiger partial charge is 0.104 e. The molecule has 0 bridgehead atoms. The fourth-order valence-electron chi connectivity index (χ4n) is 6.54. The molecule has 0 aliphatic carbocycles. The van der Waals surface area contributed by atoms with Gasteiger partial charge in [-0.25, -0.2) is 0 Å². The maximum atomic E-state index is 5.87. The van der Waals surface area contributed by atoms with Crippen LogP contribution in [-0.2, 0) is 32.2 Å². The summed E-state index contributed by atoms with van der Waals surface area (Å²) in [6.07, 6.45) is 7.40. The largest absolute Gasteiger partial charge is 0.374 e. The Morgan fingerprint density at radius 2 is 1.08 bits per heavy atom. The zero-order valence-corrected chi connectivity index (χ0v) is 30.8. The first kappa shape index (κ1) is 36.6. The molecule has 4 aromatic rings. The lowest BCUT2D eigenvalue weighted by Crippen LogP contribution is -2.22. The molecule has 6 nitrogen and oxygen atoms in total. The molecule has 2 heterocycles. The van der Waals surface area contributed by atoms with Gasteiger partial charge in [-0.3, -0.25) is 0 Å². The summed E-state index contributed by atoms with van der Waals surface area (Å²) in [4.78, 5) is 4.81. The number of epoxide rings is 2. The molecule has 0 saturated carbocycles. The summed E-state index contributed by atoms with van der Waals surface area (Å²) in [5.74, 6) is 0.0659. The van der Waals surface area contributed by atoms with Gasteiger partial charge in [0.2, 0.25) is 0 Å². The third kappa shape index (κ3) is 10.4. The summed E-state index contributed by atoms with van der Waals surface area (Å²) in [7, 11) is 0. The van der Waals surface area contributed by atoms with Gasteiger partial charge in [0.15, 0.2) is 0 Å². The summed E-state index contributed by atoms with van der Waals surface area (Å²) < 4.78 is 22.3. The summed E-state index contributed by atoms with van der Waals surface area (Å²) in [5.41, 5.74) is 10.9. The Labute approximate surface area is 305 Å². The van der Waals surface area contributed by atoms with Crippen molar-refractivity contribution in [2.45, 2.75) is 59.0 Å². The predicted molar refractivity (Wildman–Crippen MR) is 210 cm³/mol. The molecule has 2 fully saturated rings. The molecular formula is C45H54N2O4. The molecular weight excluding hydrogens is 633 g/mol. The molecule has 6 rings (SSSR count). The Balaban J connectivity index is 1.33. The molecule has 2 aliphatic heterocycles. The molecule has 4 aromatic carbocycles. The van der Waals surface area contributed by atoms with E-state index in [4.69, 9.17) is 18.9 Å². The van der Waals surface area contributed by atoms with Gasteiger partial charge in [-0.05, 0) is 90.9 Å². The zero-order valence-electron chi connectivity index (χ0n) is 30.8. The highest BCUT2D eigenvalue weighted by atomic mass is 16.6. The Bertz CT molecular complexity index is 1600. The van der Waals surface area contributed by atoms with Crippen LogP contribution in [0.4, 0.5) is 11.4 Å². The number of hydrogen-bond donors (Lipinski definition) is 0. The quantitative estimate of drug-likeness (QED) is 0.0684. The first-order chi connectivity index (χ1) is 25.1. The van der Waals surface area contributed by atoms with E-state index in [0.717, 1.165) is 50.5 Å². The lowest BCUT2D eigenvalue weighted by molar-refractivity contribution is 0.104. The molecule has 268 valence electrons. The van der Waals surface area contributed by atoms with Crippen LogP contribution in [0.3, 0.4) is 0 Å². The number of nitrogens with zero attached hydrogens (tertiary/aromatic N) is 2. The SMILES string of the molecule is CCN(CC)c1cccc(C(=CC=CC(c2ccc(COCC3CO3)cc2)c2ccc(COCC3CO3)cc2)c2cccc(N(CC)CC)c2)c1. The van der Waals surface area contributed by atoms with Crippen molar-refractivity contribution in [3.63, 3.8) is 0 Å². The molecule has 2 saturated heterocycles. The van der Waals surface area contributed by atoms with Gasteiger partial charge >= 0.3 is 0 Å². The zero-order chi connectivity index (χ0) is 35.4. The average molecular weight is 687 g/mol. The second-order valence-electron chi connectivity index (χ2n) is 13.3. The fourth-order valence-corrected chi connectivity index (χ4v) is 6.54. The van der Waals surface area contributed by atoms with Crippen LogP contribution in [0.15, 0.2) is 115 Å². The van der Waals surface area contributed by atoms with E-state index in [9.17, 15) is 0 Å². The van der Waals surface area contributed by atoms with E-state index in [-0.39, 0.29) is 18.1 Å². The van der Waals surface area contributed by atoms with Crippen LogP contribution in [0.25, 0.3) is 5.57 Å². The second kappa shape index (κ2) is 18.3. The van der Waals surface area contributed by atoms with E-state index in [1.165, 1.54) is 39.2 Å². The number of anilines is 2. The predicted octanol–water partition coefficient (Wildman–Crippen LogP) is 9.03. The van der Waals surface area contributed by atoms with Gasteiger partial charge in [0.05, 0.1) is 39.6 Å². The number of rotatable bonds is 20. The van der Waals surface area contributed by atoms with Gasteiger partial charge < -0.3 is 28.7 Å². The van der Waals surface area contributed by atoms with Crippen LogP contribution < -0.4 is 9.80 Å². The lowest BCUT2D eigenvalue weighted by atomic mass is 9.89. The van der Waals surface area contributed by atoms with Crippen LogP contribution in [0.1, 0.15) is 67.0 Å². The molecule has 2 unspecified atom stereocenters. The molecule has 2 aliphatic rings. The maximum absolute atomic E-state index is 5.87. The Morgan fingerprint density at radius 1 is 0.647 bits per heavy atom. The summed E-state index contributed by atoms with van der Waals surface area (Å²) in [6, 6.07) is 35.6. The monoisotopic (exact) mass is 686 g/mol. The fraction of sp³-hybridized carbons (Fsp3) is 0.378. The first-order valence-corrected chi connectivity index (χ1v) is 18.7. The van der Waals surface area contributed by atoms with E-state index in [2.05, 4.69) is 153 Å². The van der Waals surface area contributed by atoms with Gasteiger partial charge in [0, 0.05) is 43.5 Å². The van der Waals surface area contributed by atoms with Crippen molar-refractivity contribution in [2.24, 2.45) is 0 Å². The molecule has 0 N–H and O–H groups in total. The number of ether oxygens (including phenoxy) is 4. The molecule has 2 atom stereocenters. The minimum Gasteiger partial charge on any atom is -0.374 e. The summed E-state index contributed by atoms with van der Waals surface area (Å²) in [5, 5.41) is 0. The second-order valence-corrected chi connectivity index (χ2v) is 13.3. The lowest BCUT2D eigenvalue weighted by Gasteiger charge is -2.23. The van der Waals surface area contributed by atoms with Crippen LogP contribution in [-0.4, -0.2) is 64.8 Å². The van der Waals surface area contributed by atoms with Crippen LogP contribution >= 0.6 is 0 Å². The Morgan fingerprint density at radius 3 is 1.47 bits per heavy atom. The minimum absolute atomic E-state index is 0.0659. The molecule has 0 aromatic heterocycles. The van der Waals surface area contributed by atoms with Crippen molar-refractivity contribution < 1.29 is 18.9 Å². The summed E-state index contributed by atoms with van der Waals surface area (Å²) >= 11 is 0. The van der Waals surface area contributed by atoms with E-state index in [1.54, 1.807) is 0 Å². The highest BCUT2D eigenvalue weighted by Crippen LogP contribution is 2.32. The van der Waals surface area contributed by atoms with Gasteiger partial charge in [-0.2, -0.15) is 0 Å². The molecule has 0 radical (unpaired) electrons. The Kier molecular flexibility index (Phi) is 13.2. The highest BCUT2D eigenvalue weighted by Gasteiger charge is 2.23. The maximum Gasteiger partial charge on any atom is 0.104 e. The number of benzene rings is 4. The van der Waals surface area contributed by atoms with E-state index >= 15 is 0 Å². The van der Waals surface area contributed by atoms with Crippen molar-refractivity contribution in [2.75, 3.05) is 62.4 Å². The van der Waals surface area contributed by atoms with Gasteiger partial charge in [-0.1, -0.05) is 91.0 Å². The van der Waals surface area contributed by atoms with Crippen molar-refractivity contribution >= 4 is 16.9 Å². The van der Waals surface area contributed by atoms with Crippen LogP contribution in [0.5, 0.6) is 0 Å². The molecule has 0 spiro atoms. The van der Waals surface area contributed by atoms with E-state index in [1.807, 2.05) is 0 Å². The van der Waals surface area contributed by atoms with E-state index in [0.29, 0.717) is 26.4 Å². The third-order valence-corrected chi connectivity index (χ3v) is 9.77. The van der Waals surface area contributed by atoms with E-state index < -0.39 is 0 Å². The number of hydrogen-bond acceptors (Lipinski definition) is 6. The van der Waals surface area contributed by atoms with Crippen molar-refractivity contribution in [1.29, 1.82) is 0 Å². The average Bonchev–Trinajstić information content (AvgIpc) is 4.11. The topological polar surface area (TPSA) is 50.0 Å². The Hall–Kier alpha value is -4.20. The molecule has 0 amide bonds. The van der Waals surface area contributed by atoms with Crippen molar-refractivity contribution in [1.82, 2.24) is 0 Å². The van der Waals surface area contributed by atoms with Crippen molar-refractivity contribution in [3.05, 3.63) is 149 Å². The molecule has 51 heavy (non-hydrogen) atoms. The van der Waals surface area contributed by atoms with Crippen molar-refractivity contribution in [3.8, 4) is 0 Å². The standard InChI is InChI=1S/C45H54N2O4/c1-5-46(6-2)40-14-9-12-38(26-40)45(39-13-10-15-41(27-39)47(7-3)8-4)17-11-16-44(36-22-18-34(19-23-36)28-48-30-42-32-50-42)37-24-20-35(21-25-37)29-49-31-43-33-51-43/h9-27,42-44H,5-8,28-33H2,1-4H3. The first-order valence-electron chi connectivity index (χ1n) is 18.7. The third-order valence-electron chi connectivity index (χ3n) is 9.77. The van der Waals surface area contributed by atoms with Gasteiger partial charge in [0.25, 0.3) is 0 Å². The highest BCUT2D eigenvalue weighted by molar-refractivity contribution is 5.83. The van der Waals surface area contributed by atoms with Crippen LogP contribution in [0.2, 0.25) is 0 Å². The van der Waals surface area contributed by atoms with Gasteiger partial charge in [-0.15, -0.1) is 0 Å². The number of allylic oxidation sites excluding steroid dienone is 3. The molecule has 6 heteroatoms. The van der Waals surface area contributed by atoms with Gasteiger partial charge in [0.1, 0.15) is 12.2 Å². The van der Waals surface area contributed by atoms with Crippen LogP contribution in [0, 0.1) is 0 Å². The minimum atomic E-state index is 0.0659.